The van der Waals surface area contributed by atoms with Gasteiger partial charge in [0.15, 0.2) is 5.78 Å². The molecule has 1 aliphatic rings. The Labute approximate surface area is 145 Å². The van der Waals surface area contributed by atoms with Crippen LogP contribution in [-0.4, -0.2) is 5.78 Å². The number of fused-ring (bicyclic) bond motifs is 2. The Morgan fingerprint density at radius 2 is 1.58 bits per heavy atom. The highest BCUT2D eigenvalue weighted by Gasteiger charge is 2.16. The van der Waals surface area contributed by atoms with Crippen molar-refractivity contribution in [3.05, 3.63) is 90.0 Å². The van der Waals surface area contributed by atoms with E-state index in [1.165, 1.54) is 4.90 Å². The summed E-state index contributed by atoms with van der Waals surface area (Å²) in [5.41, 5.74) is 3.77. The molecule has 0 amide bonds. The molecule has 0 atom stereocenters. The third-order valence-corrected chi connectivity index (χ3v) is 5.02. The number of carbonyl (C=O) groups is 1. The highest BCUT2D eigenvalue weighted by Crippen LogP contribution is 2.44. The number of ketones is 1. The van der Waals surface area contributed by atoms with Gasteiger partial charge in [-0.1, -0.05) is 60.3 Å². The zero-order valence-electron chi connectivity index (χ0n) is 12.9. The highest BCUT2D eigenvalue weighted by atomic mass is 32.2. The van der Waals surface area contributed by atoms with Crippen molar-refractivity contribution >= 4 is 35.0 Å². The van der Waals surface area contributed by atoms with E-state index in [4.69, 9.17) is 0 Å². The molecule has 1 N–H and O–H groups in total. The molecule has 0 bridgehead atoms. The molecule has 4 rings (SSSR count). The van der Waals surface area contributed by atoms with Gasteiger partial charge < -0.3 is 5.32 Å². The van der Waals surface area contributed by atoms with Crippen LogP contribution in [0, 0.1) is 0 Å². The van der Waals surface area contributed by atoms with E-state index in [1.54, 1.807) is 17.8 Å². The average Bonchev–Trinajstić information content (AvgIpc) is 2.64. The fourth-order valence-corrected chi connectivity index (χ4v) is 3.59. The van der Waals surface area contributed by atoms with Gasteiger partial charge in [0.25, 0.3) is 0 Å². The topological polar surface area (TPSA) is 29.1 Å². The molecule has 3 aromatic rings. The van der Waals surface area contributed by atoms with Crippen LogP contribution in [0.15, 0.2) is 88.7 Å². The van der Waals surface area contributed by atoms with Gasteiger partial charge in [0, 0.05) is 15.4 Å². The number of hydrogen-bond donors (Lipinski definition) is 1. The minimum Gasteiger partial charge on any atom is -0.354 e. The second-order valence-electron chi connectivity index (χ2n) is 5.54. The highest BCUT2D eigenvalue weighted by molar-refractivity contribution is 7.99. The second-order valence-corrected chi connectivity index (χ2v) is 6.63. The summed E-state index contributed by atoms with van der Waals surface area (Å²) in [6.07, 6.45) is 3.47. The van der Waals surface area contributed by atoms with E-state index in [0.29, 0.717) is 5.56 Å². The van der Waals surface area contributed by atoms with Crippen LogP contribution in [0.2, 0.25) is 0 Å². The predicted molar refractivity (Wildman–Crippen MR) is 100 cm³/mol. The van der Waals surface area contributed by atoms with Gasteiger partial charge >= 0.3 is 0 Å². The van der Waals surface area contributed by atoms with Gasteiger partial charge in [0.1, 0.15) is 0 Å². The summed E-state index contributed by atoms with van der Waals surface area (Å²) < 4.78 is 0. The third kappa shape index (κ3) is 2.99. The lowest BCUT2D eigenvalue weighted by molar-refractivity contribution is 0.104. The first kappa shape index (κ1) is 14.8. The monoisotopic (exact) mass is 329 g/mol. The lowest BCUT2D eigenvalue weighted by Gasteiger charge is -2.20. The van der Waals surface area contributed by atoms with E-state index in [0.717, 1.165) is 21.8 Å². The zero-order chi connectivity index (χ0) is 16.4. The van der Waals surface area contributed by atoms with Crippen molar-refractivity contribution in [3.8, 4) is 0 Å². The zero-order valence-corrected chi connectivity index (χ0v) is 13.7. The van der Waals surface area contributed by atoms with Crippen molar-refractivity contribution in [2.75, 3.05) is 5.32 Å². The Morgan fingerprint density at radius 1 is 0.833 bits per heavy atom. The first-order valence-corrected chi connectivity index (χ1v) is 8.57. The number of carbonyl (C=O) groups excluding carboxylic acids is 1. The molecule has 24 heavy (non-hydrogen) atoms. The van der Waals surface area contributed by atoms with Crippen LogP contribution in [-0.2, 0) is 0 Å². The predicted octanol–water partition coefficient (Wildman–Crippen LogP) is 5.79. The molecule has 1 heterocycles. The maximum absolute atomic E-state index is 12.4. The quantitative estimate of drug-likeness (QED) is 0.381. The molecule has 0 radical (unpaired) electrons. The maximum atomic E-state index is 12.4. The van der Waals surface area contributed by atoms with E-state index >= 15 is 0 Å². The van der Waals surface area contributed by atoms with Crippen molar-refractivity contribution < 1.29 is 4.79 Å². The van der Waals surface area contributed by atoms with Gasteiger partial charge in [-0.25, -0.2) is 0 Å². The molecule has 0 aliphatic carbocycles. The number of para-hydroxylation sites is 1. The molecule has 3 aromatic carbocycles. The lowest BCUT2D eigenvalue weighted by Crippen LogP contribution is -2.02. The summed E-state index contributed by atoms with van der Waals surface area (Å²) in [7, 11) is 0. The molecular weight excluding hydrogens is 314 g/mol. The van der Waals surface area contributed by atoms with Gasteiger partial charge in [-0.3, -0.25) is 4.79 Å². The first-order chi connectivity index (χ1) is 11.8. The number of hydrogen-bond acceptors (Lipinski definition) is 3. The molecule has 0 aromatic heterocycles. The Balaban J connectivity index is 1.58. The van der Waals surface area contributed by atoms with Gasteiger partial charge in [-0.15, -0.1) is 0 Å². The standard InChI is InChI=1S/C21H15NOS/c23-19(12-10-15-6-2-1-3-7-15)16-11-13-21-18(14-16)22-17-8-4-5-9-20(17)24-21/h1-14,22H/b12-10+. The minimum atomic E-state index is 0.00677. The van der Waals surface area contributed by atoms with Crippen LogP contribution < -0.4 is 5.32 Å². The summed E-state index contributed by atoms with van der Waals surface area (Å²) >= 11 is 1.72. The fraction of sp³-hybridized carbons (Fsp3) is 0. The van der Waals surface area contributed by atoms with Gasteiger partial charge in [-0.05, 0) is 42.0 Å². The molecule has 3 heteroatoms. The first-order valence-electron chi connectivity index (χ1n) is 7.75. The molecule has 0 spiro atoms. The average molecular weight is 329 g/mol. The number of anilines is 2. The summed E-state index contributed by atoms with van der Waals surface area (Å²) in [5, 5.41) is 3.41. The molecule has 1 aliphatic heterocycles. The summed E-state index contributed by atoms with van der Waals surface area (Å²) in [5.74, 6) is 0.00677. The number of benzene rings is 3. The van der Waals surface area contributed by atoms with Crippen molar-refractivity contribution in [1.82, 2.24) is 0 Å². The van der Waals surface area contributed by atoms with Gasteiger partial charge in [0.05, 0.1) is 11.4 Å². The van der Waals surface area contributed by atoms with Crippen molar-refractivity contribution in [2.24, 2.45) is 0 Å². The summed E-state index contributed by atoms with van der Waals surface area (Å²) in [6, 6.07) is 23.8. The van der Waals surface area contributed by atoms with Crippen LogP contribution in [0.25, 0.3) is 6.08 Å². The lowest BCUT2D eigenvalue weighted by atomic mass is 10.1. The Morgan fingerprint density at radius 3 is 2.46 bits per heavy atom. The normalized spacial score (nSPS) is 12.3. The largest absolute Gasteiger partial charge is 0.354 e. The fourth-order valence-electron chi connectivity index (χ4n) is 2.62. The molecule has 0 saturated heterocycles. The van der Waals surface area contributed by atoms with Crippen LogP contribution in [0.4, 0.5) is 11.4 Å². The van der Waals surface area contributed by atoms with Gasteiger partial charge in [-0.2, -0.15) is 0 Å². The Bertz CT molecular complexity index is 932. The van der Waals surface area contributed by atoms with Crippen molar-refractivity contribution in [2.45, 2.75) is 9.79 Å². The smallest absolute Gasteiger partial charge is 0.185 e. The number of allylic oxidation sites excluding steroid dienone is 1. The molecular formula is C21H15NOS. The van der Waals surface area contributed by atoms with Gasteiger partial charge in [0.2, 0.25) is 0 Å². The van der Waals surface area contributed by atoms with Crippen LogP contribution >= 0.6 is 11.8 Å². The third-order valence-electron chi connectivity index (χ3n) is 3.87. The number of rotatable bonds is 3. The van der Waals surface area contributed by atoms with E-state index in [1.807, 2.05) is 66.7 Å². The van der Waals surface area contributed by atoms with Crippen molar-refractivity contribution in [1.29, 1.82) is 0 Å². The molecule has 2 nitrogen and oxygen atoms in total. The van der Waals surface area contributed by atoms with E-state index in [-0.39, 0.29) is 5.78 Å². The molecule has 0 fully saturated rings. The van der Waals surface area contributed by atoms with E-state index in [2.05, 4.69) is 17.4 Å². The summed E-state index contributed by atoms with van der Waals surface area (Å²) in [4.78, 5) is 14.8. The summed E-state index contributed by atoms with van der Waals surface area (Å²) in [6.45, 7) is 0. The molecule has 0 saturated carbocycles. The van der Waals surface area contributed by atoms with Crippen molar-refractivity contribution in [3.63, 3.8) is 0 Å². The molecule has 116 valence electrons. The van der Waals surface area contributed by atoms with E-state index in [9.17, 15) is 4.79 Å². The van der Waals surface area contributed by atoms with Crippen LogP contribution in [0.1, 0.15) is 15.9 Å². The SMILES string of the molecule is O=C(/C=C/c1ccccc1)c1ccc2c(c1)Nc1ccccc1S2. The van der Waals surface area contributed by atoms with E-state index < -0.39 is 0 Å². The molecule has 0 unspecified atom stereocenters. The second kappa shape index (κ2) is 6.38. The Kier molecular flexibility index (Phi) is 3.93. The number of nitrogens with one attached hydrogen (secondary N) is 1. The Hall–Kier alpha value is -2.78. The minimum absolute atomic E-state index is 0.00677. The maximum Gasteiger partial charge on any atom is 0.185 e. The van der Waals surface area contributed by atoms with Crippen LogP contribution in [0.3, 0.4) is 0 Å². The van der Waals surface area contributed by atoms with Crippen LogP contribution in [0.5, 0.6) is 0 Å².